The van der Waals surface area contributed by atoms with Gasteiger partial charge in [0.1, 0.15) is 16.3 Å². The lowest BCUT2D eigenvalue weighted by Gasteiger charge is -2.20. The van der Waals surface area contributed by atoms with E-state index in [-0.39, 0.29) is 13.1 Å². The SMILES string of the molecule is C=CCN(CCO)S(=O)(=O)c1ccc(F)c(C(=O)O)c1F. The third-order valence-corrected chi connectivity index (χ3v) is 4.45. The molecule has 0 unspecified atom stereocenters. The lowest BCUT2D eigenvalue weighted by molar-refractivity contribution is 0.0685. The number of carboxylic acid groups (broad SMARTS) is 1. The highest BCUT2D eigenvalue weighted by molar-refractivity contribution is 7.89. The summed E-state index contributed by atoms with van der Waals surface area (Å²) < 4.78 is 52.4. The first-order chi connectivity index (χ1) is 9.77. The molecule has 116 valence electrons. The number of nitrogens with zero attached hydrogens (tertiary/aromatic N) is 1. The third-order valence-electron chi connectivity index (χ3n) is 2.57. The Morgan fingerprint density at radius 2 is 2.00 bits per heavy atom. The maximum Gasteiger partial charge on any atom is 0.341 e. The highest BCUT2D eigenvalue weighted by Crippen LogP contribution is 2.24. The number of benzene rings is 1. The van der Waals surface area contributed by atoms with Crippen LogP contribution in [-0.2, 0) is 10.0 Å². The Balaban J connectivity index is 3.47. The first-order valence-electron chi connectivity index (χ1n) is 5.70. The van der Waals surface area contributed by atoms with E-state index in [4.69, 9.17) is 10.2 Å². The zero-order valence-corrected chi connectivity index (χ0v) is 11.6. The summed E-state index contributed by atoms with van der Waals surface area (Å²) in [7, 11) is -4.43. The number of halogens is 2. The van der Waals surface area contributed by atoms with Crippen LogP contribution in [0.2, 0.25) is 0 Å². The summed E-state index contributed by atoms with van der Waals surface area (Å²) in [6.45, 7) is 2.25. The number of aliphatic hydroxyl groups is 1. The van der Waals surface area contributed by atoms with Gasteiger partial charge < -0.3 is 10.2 Å². The quantitative estimate of drug-likeness (QED) is 0.726. The van der Waals surface area contributed by atoms with E-state index in [1.807, 2.05) is 0 Å². The molecule has 0 aliphatic carbocycles. The molecule has 0 aliphatic heterocycles. The number of aromatic carboxylic acids is 1. The second kappa shape index (κ2) is 6.74. The minimum absolute atomic E-state index is 0.220. The van der Waals surface area contributed by atoms with E-state index in [0.717, 1.165) is 0 Å². The summed E-state index contributed by atoms with van der Waals surface area (Å²) in [6, 6.07) is 1.20. The Labute approximate surface area is 120 Å². The maximum atomic E-state index is 14.0. The molecule has 1 aromatic rings. The molecule has 0 atom stereocenters. The van der Waals surface area contributed by atoms with Crippen molar-refractivity contribution < 1.29 is 32.2 Å². The van der Waals surface area contributed by atoms with Crippen molar-refractivity contribution in [3.05, 3.63) is 42.0 Å². The lowest BCUT2D eigenvalue weighted by atomic mass is 10.2. The molecule has 0 radical (unpaired) electrons. The predicted molar refractivity (Wildman–Crippen MR) is 69.4 cm³/mol. The molecule has 0 bridgehead atoms. The summed E-state index contributed by atoms with van der Waals surface area (Å²) in [5.74, 6) is -4.98. The molecule has 1 rings (SSSR count). The average molecular weight is 321 g/mol. The molecular formula is C12H13F2NO5S. The Bertz CT molecular complexity index is 660. The molecule has 0 saturated carbocycles. The van der Waals surface area contributed by atoms with Crippen LogP contribution in [0.15, 0.2) is 29.7 Å². The Morgan fingerprint density at radius 1 is 1.38 bits per heavy atom. The van der Waals surface area contributed by atoms with Crippen molar-refractivity contribution >= 4 is 16.0 Å². The highest BCUT2D eigenvalue weighted by Gasteiger charge is 2.30. The molecule has 0 aliphatic rings. The van der Waals surface area contributed by atoms with E-state index in [2.05, 4.69) is 6.58 Å². The molecule has 9 heteroatoms. The van der Waals surface area contributed by atoms with E-state index < -0.39 is 44.7 Å². The minimum Gasteiger partial charge on any atom is -0.477 e. The number of carbonyl (C=O) groups is 1. The zero-order valence-electron chi connectivity index (χ0n) is 10.8. The zero-order chi connectivity index (χ0) is 16.2. The van der Waals surface area contributed by atoms with Gasteiger partial charge in [0.15, 0.2) is 5.82 Å². The van der Waals surface area contributed by atoms with Crippen molar-refractivity contribution in [1.29, 1.82) is 0 Å². The van der Waals surface area contributed by atoms with Crippen LogP contribution in [0.3, 0.4) is 0 Å². The van der Waals surface area contributed by atoms with Gasteiger partial charge in [-0.25, -0.2) is 22.0 Å². The van der Waals surface area contributed by atoms with Gasteiger partial charge in [-0.05, 0) is 12.1 Å². The second-order valence-electron chi connectivity index (χ2n) is 3.91. The topological polar surface area (TPSA) is 94.9 Å². The van der Waals surface area contributed by atoms with Crippen LogP contribution in [0, 0.1) is 11.6 Å². The van der Waals surface area contributed by atoms with Gasteiger partial charge in [0.05, 0.1) is 6.61 Å². The summed E-state index contributed by atoms with van der Waals surface area (Å²) >= 11 is 0. The number of carboxylic acids is 1. The Kier molecular flexibility index (Phi) is 5.53. The van der Waals surface area contributed by atoms with Gasteiger partial charge in [-0.3, -0.25) is 0 Å². The Hall–Kier alpha value is -1.84. The number of aliphatic hydroxyl groups excluding tert-OH is 1. The van der Waals surface area contributed by atoms with Gasteiger partial charge >= 0.3 is 5.97 Å². The fourth-order valence-electron chi connectivity index (χ4n) is 1.63. The number of sulfonamides is 1. The lowest BCUT2D eigenvalue weighted by Crippen LogP contribution is -2.34. The predicted octanol–water partition coefficient (Wildman–Crippen LogP) is 0.832. The standard InChI is InChI=1S/C12H13F2NO5S/c1-2-5-15(6-7-16)21(19,20)9-4-3-8(13)10(11(9)14)12(17)18/h2-4,16H,1,5-7H2,(H,17,18). The van der Waals surface area contributed by atoms with E-state index in [1.165, 1.54) is 6.08 Å². The van der Waals surface area contributed by atoms with Crippen molar-refractivity contribution in [1.82, 2.24) is 4.31 Å². The van der Waals surface area contributed by atoms with Crippen LogP contribution >= 0.6 is 0 Å². The van der Waals surface area contributed by atoms with Crippen LogP contribution in [0.25, 0.3) is 0 Å². The van der Waals surface area contributed by atoms with Crippen LogP contribution in [0.4, 0.5) is 8.78 Å². The molecule has 6 nitrogen and oxygen atoms in total. The van der Waals surface area contributed by atoms with Crippen LogP contribution in [-0.4, -0.2) is 48.6 Å². The van der Waals surface area contributed by atoms with Gasteiger partial charge in [-0.2, -0.15) is 4.31 Å². The van der Waals surface area contributed by atoms with E-state index >= 15 is 0 Å². The fraction of sp³-hybridized carbons (Fsp3) is 0.250. The van der Waals surface area contributed by atoms with Crippen molar-refractivity contribution in [2.45, 2.75) is 4.90 Å². The second-order valence-corrected chi connectivity index (χ2v) is 5.82. The first kappa shape index (κ1) is 17.2. The average Bonchev–Trinajstić information content (AvgIpc) is 2.37. The molecule has 1 aromatic carbocycles. The Morgan fingerprint density at radius 3 is 2.48 bits per heavy atom. The largest absolute Gasteiger partial charge is 0.477 e. The maximum absolute atomic E-state index is 14.0. The summed E-state index contributed by atoms with van der Waals surface area (Å²) in [6.07, 6.45) is 1.22. The molecule has 0 heterocycles. The number of hydrogen-bond acceptors (Lipinski definition) is 4. The molecule has 0 fully saturated rings. The van der Waals surface area contributed by atoms with Crippen molar-refractivity contribution in [3.8, 4) is 0 Å². The molecule has 21 heavy (non-hydrogen) atoms. The van der Waals surface area contributed by atoms with Gasteiger partial charge in [-0.15, -0.1) is 6.58 Å². The normalized spacial score (nSPS) is 11.6. The summed E-state index contributed by atoms with van der Waals surface area (Å²) in [5, 5.41) is 17.6. The van der Waals surface area contributed by atoms with Crippen LogP contribution < -0.4 is 0 Å². The van der Waals surface area contributed by atoms with Gasteiger partial charge in [0.25, 0.3) is 0 Å². The molecular weight excluding hydrogens is 308 g/mol. The smallest absolute Gasteiger partial charge is 0.341 e. The van der Waals surface area contributed by atoms with Crippen molar-refractivity contribution in [3.63, 3.8) is 0 Å². The van der Waals surface area contributed by atoms with Crippen LogP contribution in [0.1, 0.15) is 10.4 Å². The third kappa shape index (κ3) is 3.43. The van der Waals surface area contributed by atoms with E-state index in [0.29, 0.717) is 16.4 Å². The molecule has 0 aromatic heterocycles. The van der Waals surface area contributed by atoms with Crippen molar-refractivity contribution in [2.24, 2.45) is 0 Å². The fourth-order valence-corrected chi connectivity index (χ4v) is 3.10. The minimum atomic E-state index is -4.43. The monoisotopic (exact) mass is 321 g/mol. The van der Waals surface area contributed by atoms with E-state index in [9.17, 15) is 22.0 Å². The number of rotatable bonds is 7. The van der Waals surface area contributed by atoms with Gasteiger partial charge in [-0.1, -0.05) is 6.08 Å². The molecule has 0 amide bonds. The number of hydrogen-bond donors (Lipinski definition) is 2. The van der Waals surface area contributed by atoms with Crippen LogP contribution in [0.5, 0.6) is 0 Å². The van der Waals surface area contributed by atoms with Crippen molar-refractivity contribution in [2.75, 3.05) is 19.7 Å². The molecule has 0 spiro atoms. The summed E-state index contributed by atoms with van der Waals surface area (Å²) in [5.41, 5.74) is -1.35. The molecule has 0 saturated heterocycles. The first-order valence-corrected chi connectivity index (χ1v) is 7.14. The highest BCUT2D eigenvalue weighted by atomic mass is 32.2. The van der Waals surface area contributed by atoms with E-state index in [1.54, 1.807) is 0 Å². The summed E-state index contributed by atoms with van der Waals surface area (Å²) in [4.78, 5) is 9.82. The van der Waals surface area contributed by atoms with Gasteiger partial charge in [0, 0.05) is 13.1 Å². The van der Waals surface area contributed by atoms with Gasteiger partial charge in [0.2, 0.25) is 10.0 Å². The molecule has 2 N–H and O–H groups in total.